The molecule has 2 fully saturated rings. The van der Waals surface area contributed by atoms with Crippen molar-refractivity contribution in [1.29, 1.82) is 0 Å². The number of methoxy groups -OCH3 is 1. The molecule has 0 aliphatic heterocycles. The van der Waals surface area contributed by atoms with Crippen molar-refractivity contribution in [3.05, 3.63) is 29.8 Å². The highest BCUT2D eigenvalue weighted by atomic mass is 16.5. The Morgan fingerprint density at radius 1 is 1.15 bits per heavy atom. The van der Waals surface area contributed by atoms with Crippen molar-refractivity contribution < 1.29 is 4.74 Å². The summed E-state index contributed by atoms with van der Waals surface area (Å²) < 4.78 is 5.21. The maximum Gasteiger partial charge on any atom is 0.0713 e. The summed E-state index contributed by atoms with van der Waals surface area (Å²) in [6, 6.07) is 9.32. The molecule has 1 aromatic rings. The molecule has 2 nitrogen and oxygen atoms in total. The predicted molar refractivity (Wildman–Crippen MR) is 83.9 cm³/mol. The molecule has 3 rings (SSSR count). The molecule has 2 aliphatic rings. The van der Waals surface area contributed by atoms with Crippen LogP contribution < -0.4 is 5.32 Å². The summed E-state index contributed by atoms with van der Waals surface area (Å²) in [5.74, 6) is 0. The zero-order valence-electron chi connectivity index (χ0n) is 12.7. The van der Waals surface area contributed by atoms with E-state index in [0.717, 1.165) is 5.41 Å². The van der Waals surface area contributed by atoms with Crippen molar-refractivity contribution in [2.75, 3.05) is 12.4 Å². The minimum atomic E-state index is 0.666. The molecule has 1 spiro atoms. The summed E-state index contributed by atoms with van der Waals surface area (Å²) in [7, 11) is 1.75. The average Bonchev–Trinajstić information content (AvgIpc) is 2.91. The minimum absolute atomic E-state index is 0.666. The number of rotatable bonds is 4. The Bertz CT molecular complexity index is 427. The minimum Gasteiger partial charge on any atom is -0.382 e. The van der Waals surface area contributed by atoms with Gasteiger partial charge in [0.25, 0.3) is 0 Å². The maximum absolute atomic E-state index is 5.21. The fourth-order valence-corrected chi connectivity index (χ4v) is 4.15. The molecule has 0 amide bonds. The lowest BCUT2D eigenvalue weighted by Gasteiger charge is -2.38. The molecule has 0 aromatic heterocycles. The van der Waals surface area contributed by atoms with Crippen molar-refractivity contribution in [3.63, 3.8) is 0 Å². The molecule has 1 aromatic carbocycles. The lowest BCUT2D eigenvalue weighted by Crippen LogP contribution is -2.31. The first-order valence-electron chi connectivity index (χ1n) is 8.14. The summed E-state index contributed by atoms with van der Waals surface area (Å²) in [5, 5.41) is 3.73. The molecule has 0 bridgehead atoms. The third kappa shape index (κ3) is 3.17. The number of nitrogens with one attached hydrogen (secondary N) is 1. The van der Waals surface area contributed by atoms with Gasteiger partial charge < -0.3 is 10.1 Å². The van der Waals surface area contributed by atoms with Gasteiger partial charge in [0.1, 0.15) is 0 Å². The number of hydrogen-bond acceptors (Lipinski definition) is 2. The first kappa shape index (κ1) is 13.9. The van der Waals surface area contributed by atoms with Crippen molar-refractivity contribution in [1.82, 2.24) is 0 Å². The molecule has 2 saturated carbocycles. The van der Waals surface area contributed by atoms with E-state index in [1.165, 1.54) is 62.6 Å². The molecule has 2 aliphatic carbocycles. The van der Waals surface area contributed by atoms with E-state index in [9.17, 15) is 0 Å². The van der Waals surface area contributed by atoms with Gasteiger partial charge in [-0.15, -0.1) is 0 Å². The van der Waals surface area contributed by atoms with E-state index in [4.69, 9.17) is 4.74 Å². The summed E-state index contributed by atoms with van der Waals surface area (Å²) in [6.45, 7) is 0.698. The molecule has 0 unspecified atom stereocenters. The van der Waals surface area contributed by atoms with Crippen molar-refractivity contribution in [2.45, 2.75) is 64.0 Å². The molecule has 0 saturated heterocycles. The van der Waals surface area contributed by atoms with Crippen LogP contribution in [0.15, 0.2) is 24.3 Å². The quantitative estimate of drug-likeness (QED) is 0.855. The molecule has 1 N–H and O–H groups in total. The molecule has 110 valence electrons. The van der Waals surface area contributed by atoms with E-state index < -0.39 is 0 Å². The van der Waals surface area contributed by atoms with Crippen LogP contribution in [-0.4, -0.2) is 13.2 Å². The fraction of sp³-hybridized carbons (Fsp3) is 0.667. The van der Waals surface area contributed by atoms with Crippen LogP contribution in [0.3, 0.4) is 0 Å². The zero-order valence-corrected chi connectivity index (χ0v) is 12.7. The van der Waals surface area contributed by atoms with Gasteiger partial charge in [0.2, 0.25) is 0 Å². The number of anilines is 1. The highest BCUT2D eigenvalue weighted by Crippen LogP contribution is 2.49. The highest BCUT2D eigenvalue weighted by molar-refractivity contribution is 5.46. The largest absolute Gasteiger partial charge is 0.382 e. The fourth-order valence-electron chi connectivity index (χ4n) is 4.15. The Morgan fingerprint density at radius 3 is 2.60 bits per heavy atom. The van der Waals surface area contributed by atoms with Gasteiger partial charge in [-0.25, -0.2) is 0 Å². The Hall–Kier alpha value is -1.02. The van der Waals surface area contributed by atoms with Gasteiger partial charge in [-0.05, 0) is 61.6 Å². The molecule has 20 heavy (non-hydrogen) atoms. The van der Waals surface area contributed by atoms with Crippen LogP contribution in [0.5, 0.6) is 0 Å². The van der Waals surface area contributed by atoms with Crippen molar-refractivity contribution in [3.8, 4) is 0 Å². The van der Waals surface area contributed by atoms with Gasteiger partial charge in [0, 0.05) is 18.8 Å². The van der Waals surface area contributed by atoms with Gasteiger partial charge in [-0.1, -0.05) is 25.0 Å². The molecular formula is C18H27NO. The maximum atomic E-state index is 5.21. The normalized spacial score (nSPS) is 22.2. The highest BCUT2D eigenvalue weighted by Gasteiger charge is 2.37. The van der Waals surface area contributed by atoms with Crippen LogP contribution in [0.2, 0.25) is 0 Å². The van der Waals surface area contributed by atoms with Crippen LogP contribution in [0.4, 0.5) is 5.69 Å². The third-order valence-corrected chi connectivity index (χ3v) is 5.32. The van der Waals surface area contributed by atoms with Gasteiger partial charge in [-0.2, -0.15) is 0 Å². The number of ether oxygens (including phenoxy) is 1. The van der Waals surface area contributed by atoms with E-state index >= 15 is 0 Å². The van der Waals surface area contributed by atoms with Crippen LogP contribution in [0.1, 0.15) is 56.9 Å². The van der Waals surface area contributed by atoms with Crippen molar-refractivity contribution in [2.24, 2.45) is 5.41 Å². The number of benzene rings is 1. The first-order valence-corrected chi connectivity index (χ1v) is 8.14. The van der Waals surface area contributed by atoms with E-state index in [0.29, 0.717) is 12.6 Å². The topological polar surface area (TPSA) is 21.3 Å². The molecular weight excluding hydrogens is 246 g/mol. The second kappa shape index (κ2) is 6.17. The lowest BCUT2D eigenvalue weighted by atomic mass is 9.71. The molecule has 2 heteroatoms. The van der Waals surface area contributed by atoms with Crippen LogP contribution in [-0.2, 0) is 11.3 Å². The van der Waals surface area contributed by atoms with E-state index in [1.807, 2.05) is 0 Å². The van der Waals surface area contributed by atoms with Gasteiger partial charge in [0.05, 0.1) is 6.61 Å². The van der Waals surface area contributed by atoms with E-state index in [-0.39, 0.29) is 0 Å². The first-order chi connectivity index (χ1) is 9.80. The summed E-state index contributed by atoms with van der Waals surface area (Å²) in [6.07, 6.45) is 11.5. The second-order valence-corrected chi connectivity index (χ2v) is 6.76. The summed E-state index contributed by atoms with van der Waals surface area (Å²) in [4.78, 5) is 0. The summed E-state index contributed by atoms with van der Waals surface area (Å²) in [5.41, 5.74) is 3.24. The average molecular weight is 273 g/mol. The second-order valence-electron chi connectivity index (χ2n) is 6.76. The Balaban J connectivity index is 1.55. The summed E-state index contributed by atoms with van der Waals surface area (Å²) >= 11 is 0. The monoisotopic (exact) mass is 273 g/mol. The van der Waals surface area contributed by atoms with Crippen LogP contribution in [0, 0.1) is 5.41 Å². The lowest BCUT2D eigenvalue weighted by molar-refractivity contribution is 0.184. The smallest absolute Gasteiger partial charge is 0.0713 e. The Morgan fingerprint density at radius 2 is 1.90 bits per heavy atom. The standard InChI is InChI=1S/C18H27NO/c1-20-14-15-5-4-6-17(13-15)19-16-7-11-18(12-8-16)9-2-3-10-18/h4-6,13,16,19H,2-3,7-12,14H2,1H3. The van der Waals surface area contributed by atoms with Gasteiger partial charge in [-0.3, -0.25) is 0 Å². The molecule has 0 atom stereocenters. The SMILES string of the molecule is COCc1cccc(NC2CCC3(CCCC3)CC2)c1. The predicted octanol–water partition coefficient (Wildman–Crippen LogP) is 4.75. The van der Waals surface area contributed by atoms with Gasteiger partial charge in [0.15, 0.2) is 0 Å². The Labute approximate surface area is 122 Å². The molecule has 0 radical (unpaired) electrons. The van der Waals surface area contributed by atoms with E-state index in [1.54, 1.807) is 7.11 Å². The van der Waals surface area contributed by atoms with Gasteiger partial charge >= 0.3 is 0 Å². The number of hydrogen-bond donors (Lipinski definition) is 1. The van der Waals surface area contributed by atoms with Crippen LogP contribution >= 0.6 is 0 Å². The van der Waals surface area contributed by atoms with Crippen molar-refractivity contribution >= 4 is 5.69 Å². The van der Waals surface area contributed by atoms with Crippen LogP contribution in [0.25, 0.3) is 0 Å². The Kier molecular flexibility index (Phi) is 4.30. The molecule has 0 heterocycles. The zero-order chi connectivity index (χ0) is 13.8. The third-order valence-electron chi connectivity index (χ3n) is 5.32. The van der Waals surface area contributed by atoms with E-state index in [2.05, 4.69) is 29.6 Å².